The van der Waals surface area contributed by atoms with Crippen LogP contribution in [0.15, 0.2) is 0 Å². The van der Waals surface area contributed by atoms with Crippen LogP contribution in [0.25, 0.3) is 0 Å². The fraction of sp³-hybridized carbons (Fsp3) is 0.857. The molecule has 0 heterocycles. The molecule has 0 saturated heterocycles. The van der Waals surface area contributed by atoms with Crippen LogP contribution < -0.4 is 5.11 Å². The lowest BCUT2D eigenvalue weighted by atomic mass is 9.89. The standard InChI is InChI=1S/C14H27NO4/c1-5-6-7-8-9-12(16)14(19,10-13(17)18)11-15(2,3)4/h19H,5-11H2,1-4H3. The number of hydrogen-bond donors (Lipinski definition) is 1. The average molecular weight is 273 g/mol. The van der Waals surface area contributed by atoms with Gasteiger partial charge >= 0.3 is 0 Å². The van der Waals surface area contributed by atoms with Gasteiger partial charge in [-0.05, 0) is 6.42 Å². The summed E-state index contributed by atoms with van der Waals surface area (Å²) in [5.74, 6) is -1.78. The third kappa shape index (κ3) is 7.95. The molecular weight excluding hydrogens is 246 g/mol. The van der Waals surface area contributed by atoms with Gasteiger partial charge in [0.2, 0.25) is 0 Å². The quantitative estimate of drug-likeness (QED) is 0.452. The lowest BCUT2D eigenvalue weighted by Crippen LogP contribution is -2.56. The van der Waals surface area contributed by atoms with Gasteiger partial charge in [0, 0.05) is 18.8 Å². The predicted molar refractivity (Wildman–Crippen MR) is 71.2 cm³/mol. The van der Waals surface area contributed by atoms with E-state index in [0.29, 0.717) is 10.9 Å². The van der Waals surface area contributed by atoms with Crippen LogP contribution in [0, 0.1) is 0 Å². The Morgan fingerprint density at radius 3 is 2.16 bits per heavy atom. The van der Waals surface area contributed by atoms with E-state index in [1.54, 1.807) is 0 Å². The van der Waals surface area contributed by atoms with E-state index in [1.165, 1.54) is 0 Å². The van der Waals surface area contributed by atoms with E-state index in [1.807, 2.05) is 21.1 Å². The summed E-state index contributed by atoms with van der Waals surface area (Å²) in [5, 5.41) is 21.1. The van der Waals surface area contributed by atoms with Crippen LogP contribution in [0.2, 0.25) is 0 Å². The fourth-order valence-electron chi connectivity index (χ4n) is 2.21. The van der Waals surface area contributed by atoms with Crippen LogP contribution in [-0.4, -0.2) is 54.6 Å². The molecule has 0 rings (SSSR count). The van der Waals surface area contributed by atoms with Gasteiger partial charge in [0.05, 0.1) is 21.1 Å². The van der Waals surface area contributed by atoms with Gasteiger partial charge < -0.3 is 19.5 Å². The van der Waals surface area contributed by atoms with E-state index >= 15 is 0 Å². The lowest BCUT2D eigenvalue weighted by molar-refractivity contribution is -0.875. The first kappa shape index (κ1) is 18.1. The number of carbonyl (C=O) groups excluding carboxylic acids is 2. The molecule has 0 bridgehead atoms. The van der Waals surface area contributed by atoms with Crippen LogP contribution in [0.3, 0.4) is 0 Å². The van der Waals surface area contributed by atoms with Crippen molar-refractivity contribution in [2.24, 2.45) is 0 Å². The molecule has 0 saturated carbocycles. The molecule has 0 radical (unpaired) electrons. The summed E-state index contributed by atoms with van der Waals surface area (Å²) in [6.07, 6.45) is 3.32. The molecule has 5 nitrogen and oxygen atoms in total. The van der Waals surface area contributed by atoms with E-state index in [9.17, 15) is 19.8 Å². The van der Waals surface area contributed by atoms with E-state index < -0.39 is 18.0 Å². The van der Waals surface area contributed by atoms with Crippen LogP contribution in [0.1, 0.15) is 45.4 Å². The van der Waals surface area contributed by atoms with Crippen molar-refractivity contribution < 1.29 is 24.3 Å². The SMILES string of the molecule is CCCCCCC(=O)C(O)(CC(=O)[O-])C[N+](C)(C)C. The summed E-state index contributed by atoms with van der Waals surface area (Å²) >= 11 is 0. The van der Waals surface area contributed by atoms with E-state index in [2.05, 4.69) is 6.92 Å². The van der Waals surface area contributed by atoms with Gasteiger partial charge in [-0.3, -0.25) is 4.79 Å². The monoisotopic (exact) mass is 273 g/mol. The molecule has 0 amide bonds. The lowest BCUT2D eigenvalue weighted by Gasteiger charge is -2.34. The number of carbonyl (C=O) groups is 2. The van der Waals surface area contributed by atoms with Gasteiger partial charge in [-0.2, -0.15) is 0 Å². The Bertz CT molecular complexity index is 309. The van der Waals surface area contributed by atoms with Crippen LogP contribution >= 0.6 is 0 Å². The minimum Gasteiger partial charge on any atom is -0.550 e. The van der Waals surface area contributed by atoms with E-state index in [0.717, 1.165) is 19.3 Å². The van der Waals surface area contributed by atoms with Crippen molar-refractivity contribution >= 4 is 11.8 Å². The molecule has 0 aliphatic heterocycles. The van der Waals surface area contributed by atoms with Gasteiger partial charge in [-0.1, -0.05) is 26.2 Å². The highest BCUT2D eigenvalue weighted by Gasteiger charge is 2.40. The minimum atomic E-state index is -1.82. The highest BCUT2D eigenvalue weighted by Crippen LogP contribution is 2.19. The number of unbranched alkanes of at least 4 members (excludes halogenated alkanes) is 3. The van der Waals surface area contributed by atoms with Gasteiger partial charge in [-0.15, -0.1) is 0 Å². The number of aliphatic hydroxyl groups is 1. The summed E-state index contributed by atoms with van der Waals surface area (Å²) < 4.78 is 0.324. The van der Waals surface area contributed by atoms with Gasteiger partial charge in [-0.25, -0.2) is 0 Å². The smallest absolute Gasteiger partial charge is 0.177 e. The topological polar surface area (TPSA) is 77.4 Å². The second-order valence-electron chi connectivity index (χ2n) is 6.26. The van der Waals surface area contributed by atoms with E-state index in [-0.39, 0.29) is 18.7 Å². The highest BCUT2D eigenvalue weighted by atomic mass is 16.4. The maximum atomic E-state index is 12.1. The molecule has 0 fully saturated rings. The molecule has 0 aliphatic rings. The summed E-state index contributed by atoms with van der Waals surface area (Å²) in [6, 6.07) is 0. The number of aliphatic carboxylic acids is 1. The zero-order chi connectivity index (χ0) is 15.1. The van der Waals surface area contributed by atoms with Crippen molar-refractivity contribution in [3.63, 3.8) is 0 Å². The maximum Gasteiger partial charge on any atom is 0.177 e. The number of likely N-dealkylation sites (N-methyl/N-ethyl adjacent to an activating group) is 1. The number of Topliss-reactive ketones (excluding diaryl/α,β-unsaturated/α-hetero) is 1. The van der Waals surface area contributed by atoms with Crippen molar-refractivity contribution in [2.45, 2.75) is 51.0 Å². The Hall–Kier alpha value is -0.940. The molecule has 0 aromatic carbocycles. The zero-order valence-electron chi connectivity index (χ0n) is 12.6. The molecule has 0 spiro atoms. The number of carboxylic acid groups (broad SMARTS) is 1. The maximum absolute atomic E-state index is 12.1. The minimum absolute atomic E-state index is 0.0770. The van der Waals surface area contributed by atoms with Gasteiger partial charge in [0.1, 0.15) is 6.54 Å². The Labute approximate surface area is 115 Å². The molecule has 1 atom stereocenters. The third-order valence-electron chi connectivity index (χ3n) is 2.95. The predicted octanol–water partition coefficient (Wildman–Crippen LogP) is 0.103. The van der Waals surface area contributed by atoms with Gasteiger partial charge in [0.25, 0.3) is 0 Å². The first-order valence-electron chi connectivity index (χ1n) is 6.87. The van der Waals surface area contributed by atoms with Crippen LogP contribution in [0.4, 0.5) is 0 Å². The van der Waals surface area contributed by atoms with Crippen molar-refractivity contribution in [1.82, 2.24) is 0 Å². The number of ketones is 1. The van der Waals surface area contributed by atoms with Crippen LogP contribution in [-0.2, 0) is 9.59 Å². The summed E-state index contributed by atoms with van der Waals surface area (Å²) in [7, 11) is 5.43. The highest BCUT2D eigenvalue weighted by molar-refractivity contribution is 5.90. The zero-order valence-corrected chi connectivity index (χ0v) is 12.6. The number of nitrogens with zero attached hydrogens (tertiary/aromatic N) is 1. The fourth-order valence-corrected chi connectivity index (χ4v) is 2.21. The number of quaternary nitrogens is 1. The Balaban J connectivity index is 4.64. The van der Waals surface area contributed by atoms with Crippen molar-refractivity contribution in [3.05, 3.63) is 0 Å². The van der Waals surface area contributed by atoms with Gasteiger partial charge in [0.15, 0.2) is 11.4 Å². The summed E-state index contributed by atoms with van der Waals surface area (Å²) in [5.41, 5.74) is -1.82. The molecule has 1 N–H and O–H groups in total. The number of carboxylic acids is 1. The first-order chi connectivity index (χ1) is 8.60. The molecule has 0 aromatic heterocycles. The summed E-state index contributed by atoms with van der Waals surface area (Å²) in [4.78, 5) is 22.8. The third-order valence-corrected chi connectivity index (χ3v) is 2.95. The molecule has 5 heteroatoms. The van der Waals surface area contributed by atoms with E-state index in [4.69, 9.17) is 0 Å². The average Bonchev–Trinajstić information content (AvgIpc) is 2.20. The Morgan fingerprint density at radius 1 is 1.16 bits per heavy atom. The second-order valence-corrected chi connectivity index (χ2v) is 6.26. The number of rotatable bonds is 10. The molecule has 0 aromatic rings. The first-order valence-corrected chi connectivity index (χ1v) is 6.87. The van der Waals surface area contributed by atoms with Crippen molar-refractivity contribution in [1.29, 1.82) is 0 Å². The second kappa shape index (κ2) is 7.60. The van der Waals surface area contributed by atoms with Crippen molar-refractivity contribution in [2.75, 3.05) is 27.7 Å². The van der Waals surface area contributed by atoms with Crippen LogP contribution in [0.5, 0.6) is 0 Å². The van der Waals surface area contributed by atoms with Crippen molar-refractivity contribution in [3.8, 4) is 0 Å². The summed E-state index contributed by atoms with van der Waals surface area (Å²) in [6.45, 7) is 2.15. The molecule has 1 unspecified atom stereocenters. The Morgan fingerprint density at radius 2 is 1.74 bits per heavy atom. The normalized spacial score (nSPS) is 15.0. The molecule has 0 aliphatic carbocycles. The number of hydrogen-bond acceptors (Lipinski definition) is 4. The molecular formula is C14H27NO4. The Kier molecular flexibility index (Phi) is 7.23. The largest absolute Gasteiger partial charge is 0.550 e. The molecule has 112 valence electrons. The molecule has 19 heavy (non-hydrogen) atoms.